The van der Waals surface area contributed by atoms with E-state index in [0.717, 1.165) is 37.2 Å². The second-order valence-corrected chi connectivity index (χ2v) is 6.89. The standard InChI is InChI=1S/C20H28F2O/c1-3-5-7-14-8-10-15(11-9-14)16-12-17(21)20(18(22)13-16)19(23)6-4-2/h12-15H,3-11H2,1-2H3. The molecule has 2 rings (SSSR count). The molecule has 0 atom stereocenters. The molecular weight excluding hydrogens is 294 g/mol. The van der Waals surface area contributed by atoms with Gasteiger partial charge in [0.15, 0.2) is 5.78 Å². The van der Waals surface area contributed by atoms with Crippen LogP contribution in [-0.2, 0) is 0 Å². The van der Waals surface area contributed by atoms with Crippen molar-refractivity contribution in [2.45, 2.75) is 77.6 Å². The van der Waals surface area contributed by atoms with Gasteiger partial charge < -0.3 is 0 Å². The third-order valence-electron chi connectivity index (χ3n) is 5.10. The molecule has 0 radical (unpaired) electrons. The summed E-state index contributed by atoms with van der Waals surface area (Å²) in [7, 11) is 0. The largest absolute Gasteiger partial charge is 0.294 e. The Kier molecular flexibility index (Phi) is 6.73. The minimum absolute atomic E-state index is 0.190. The Morgan fingerprint density at radius 1 is 1.04 bits per heavy atom. The Balaban J connectivity index is 2.06. The van der Waals surface area contributed by atoms with Gasteiger partial charge >= 0.3 is 0 Å². The van der Waals surface area contributed by atoms with Crippen molar-refractivity contribution in [3.63, 3.8) is 0 Å². The number of benzene rings is 1. The second-order valence-electron chi connectivity index (χ2n) is 6.89. The van der Waals surface area contributed by atoms with E-state index in [9.17, 15) is 13.6 Å². The monoisotopic (exact) mass is 322 g/mol. The van der Waals surface area contributed by atoms with E-state index in [0.29, 0.717) is 6.42 Å². The molecule has 0 unspecified atom stereocenters. The molecule has 0 N–H and O–H groups in total. The lowest BCUT2D eigenvalue weighted by Gasteiger charge is -2.29. The van der Waals surface area contributed by atoms with Crippen molar-refractivity contribution < 1.29 is 13.6 Å². The molecule has 0 spiro atoms. The lowest BCUT2D eigenvalue weighted by Crippen LogP contribution is -2.15. The van der Waals surface area contributed by atoms with Gasteiger partial charge in [-0.15, -0.1) is 0 Å². The topological polar surface area (TPSA) is 17.1 Å². The van der Waals surface area contributed by atoms with E-state index < -0.39 is 17.4 Å². The van der Waals surface area contributed by atoms with Crippen LogP contribution < -0.4 is 0 Å². The van der Waals surface area contributed by atoms with E-state index in [2.05, 4.69) is 6.92 Å². The summed E-state index contributed by atoms with van der Waals surface area (Å²) in [5.41, 5.74) is 0.370. The van der Waals surface area contributed by atoms with Crippen LogP contribution in [0.25, 0.3) is 0 Å². The van der Waals surface area contributed by atoms with Crippen molar-refractivity contribution in [2.75, 3.05) is 0 Å². The maximum atomic E-state index is 14.2. The summed E-state index contributed by atoms with van der Waals surface area (Å²) >= 11 is 0. The minimum Gasteiger partial charge on any atom is -0.294 e. The molecule has 0 saturated heterocycles. The highest BCUT2D eigenvalue weighted by molar-refractivity contribution is 5.96. The summed E-state index contributed by atoms with van der Waals surface area (Å²) in [6.45, 7) is 4.04. The SMILES string of the molecule is CCCCC1CCC(c2cc(F)c(C(=O)CCC)c(F)c2)CC1. The summed E-state index contributed by atoms with van der Waals surface area (Å²) in [4.78, 5) is 11.8. The normalized spacial score (nSPS) is 21.4. The van der Waals surface area contributed by atoms with Gasteiger partial charge in [0.25, 0.3) is 0 Å². The Bertz CT molecular complexity index is 507. The highest BCUT2D eigenvalue weighted by atomic mass is 19.1. The van der Waals surface area contributed by atoms with Gasteiger partial charge in [-0.05, 0) is 61.6 Å². The molecule has 3 heteroatoms. The van der Waals surface area contributed by atoms with Crippen LogP contribution in [0.2, 0.25) is 0 Å². The van der Waals surface area contributed by atoms with Crippen molar-refractivity contribution in [1.82, 2.24) is 0 Å². The Morgan fingerprint density at radius 2 is 1.65 bits per heavy atom. The molecule has 0 heterocycles. The van der Waals surface area contributed by atoms with Gasteiger partial charge in [-0.3, -0.25) is 4.79 Å². The summed E-state index contributed by atoms with van der Waals surface area (Å²) in [6.07, 6.45) is 8.84. The fraction of sp³-hybridized carbons (Fsp3) is 0.650. The number of hydrogen-bond donors (Lipinski definition) is 0. The lowest BCUT2D eigenvalue weighted by molar-refractivity contribution is 0.0973. The van der Waals surface area contributed by atoms with E-state index >= 15 is 0 Å². The number of rotatable bonds is 7. The molecular formula is C20H28F2O. The molecule has 0 bridgehead atoms. The zero-order chi connectivity index (χ0) is 16.8. The number of unbranched alkanes of at least 4 members (excludes halogenated alkanes) is 1. The van der Waals surface area contributed by atoms with Crippen molar-refractivity contribution in [3.05, 3.63) is 34.9 Å². The molecule has 1 aliphatic rings. The summed E-state index contributed by atoms with van der Waals surface area (Å²) < 4.78 is 28.4. The van der Waals surface area contributed by atoms with Crippen LogP contribution in [-0.4, -0.2) is 5.78 Å². The van der Waals surface area contributed by atoms with Crippen molar-refractivity contribution >= 4 is 5.78 Å². The van der Waals surface area contributed by atoms with Crippen LogP contribution >= 0.6 is 0 Å². The van der Waals surface area contributed by atoms with Crippen molar-refractivity contribution in [2.24, 2.45) is 5.92 Å². The highest BCUT2D eigenvalue weighted by Gasteiger charge is 2.25. The molecule has 1 fully saturated rings. The molecule has 1 aliphatic carbocycles. The molecule has 23 heavy (non-hydrogen) atoms. The zero-order valence-corrected chi connectivity index (χ0v) is 14.3. The number of carbonyl (C=O) groups is 1. The molecule has 1 saturated carbocycles. The van der Waals surface area contributed by atoms with Crippen LogP contribution in [0.1, 0.15) is 93.5 Å². The minimum atomic E-state index is -0.688. The van der Waals surface area contributed by atoms with Crippen LogP contribution in [0.3, 0.4) is 0 Å². The maximum absolute atomic E-state index is 14.2. The van der Waals surface area contributed by atoms with Gasteiger partial charge in [0.1, 0.15) is 11.6 Å². The van der Waals surface area contributed by atoms with Gasteiger partial charge in [-0.25, -0.2) is 8.78 Å². The van der Waals surface area contributed by atoms with E-state index in [4.69, 9.17) is 0 Å². The second kappa shape index (κ2) is 8.56. The Morgan fingerprint density at radius 3 is 2.17 bits per heavy atom. The quantitative estimate of drug-likeness (QED) is 0.530. The van der Waals surface area contributed by atoms with Crippen molar-refractivity contribution in [3.8, 4) is 0 Å². The fourth-order valence-corrected chi connectivity index (χ4v) is 3.72. The molecule has 1 nitrogen and oxygen atoms in total. The predicted molar refractivity (Wildman–Crippen MR) is 89.8 cm³/mol. The first-order valence-corrected chi connectivity index (χ1v) is 9.08. The molecule has 0 aromatic heterocycles. The van der Waals surface area contributed by atoms with E-state index in [1.54, 1.807) is 0 Å². The smallest absolute Gasteiger partial charge is 0.168 e. The Labute approximate surface area is 138 Å². The predicted octanol–water partition coefficient (Wildman–Crippen LogP) is 6.41. The molecule has 0 aliphatic heterocycles. The van der Waals surface area contributed by atoms with Gasteiger partial charge in [0.2, 0.25) is 0 Å². The van der Waals surface area contributed by atoms with Gasteiger partial charge in [0, 0.05) is 6.42 Å². The number of Topliss-reactive ketones (excluding diaryl/α,β-unsaturated/α-hetero) is 1. The number of ketones is 1. The van der Waals surface area contributed by atoms with E-state index in [1.165, 1.54) is 31.4 Å². The van der Waals surface area contributed by atoms with Crippen LogP contribution in [0, 0.1) is 17.6 Å². The average Bonchev–Trinajstić information content (AvgIpc) is 2.53. The van der Waals surface area contributed by atoms with E-state index in [-0.39, 0.29) is 17.9 Å². The molecule has 1 aromatic carbocycles. The third-order valence-corrected chi connectivity index (χ3v) is 5.10. The third kappa shape index (κ3) is 4.62. The summed E-state index contributed by atoms with van der Waals surface area (Å²) in [5, 5.41) is 0. The highest BCUT2D eigenvalue weighted by Crippen LogP contribution is 2.38. The fourth-order valence-electron chi connectivity index (χ4n) is 3.72. The van der Waals surface area contributed by atoms with Gasteiger partial charge in [-0.2, -0.15) is 0 Å². The summed E-state index contributed by atoms with van der Waals surface area (Å²) in [5.74, 6) is -0.811. The van der Waals surface area contributed by atoms with Crippen LogP contribution in [0.15, 0.2) is 12.1 Å². The van der Waals surface area contributed by atoms with Crippen LogP contribution in [0.4, 0.5) is 8.78 Å². The number of carbonyl (C=O) groups excluding carboxylic acids is 1. The molecule has 0 amide bonds. The molecule has 1 aromatic rings. The summed E-state index contributed by atoms with van der Waals surface area (Å²) in [6, 6.07) is 2.78. The van der Waals surface area contributed by atoms with Crippen molar-refractivity contribution in [1.29, 1.82) is 0 Å². The first-order chi connectivity index (χ1) is 11.1. The maximum Gasteiger partial charge on any atom is 0.168 e. The average molecular weight is 322 g/mol. The number of hydrogen-bond acceptors (Lipinski definition) is 1. The van der Waals surface area contributed by atoms with E-state index in [1.807, 2.05) is 6.92 Å². The lowest BCUT2D eigenvalue weighted by atomic mass is 9.77. The Hall–Kier alpha value is -1.25. The molecule has 128 valence electrons. The van der Waals surface area contributed by atoms with Gasteiger partial charge in [0.05, 0.1) is 5.56 Å². The first kappa shape index (κ1) is 18.1. The van der Waals surface area contributed by atoms with Gasteiger partial charge in [-0.1, -0.05) is 33.1 Å². The zero-order valence-electron chi connectivity index (χ0n) is 14.3. The number of halogens is 2. The van der Waals surface area contributed by atoms with Crippen LogP contribution in [0.5, 0.6) is 0 Å². The first-order valence-electron chi connectivity index (χ1n) is 9.08.